The highest BCUT2D eigenvalue weighted by Crippen LogP contribution is 2.25. The Morgan fingerprint density at radius 2 is 2.04 bits per heavy atom. The van der Waals surface area contributed by atoms with Crippen LogP contribution < -0.4 is 4.90 Å². The molecule has 1 N–H and O–H groups in total. The third kappa shape index (κ3) is 3.59. The number of thiophene rings is 1. The smallest absolute Gasteiger partial charge is 0.289 e. The number of hydrogen-bond donors (Lipinski definition) is 1. The van der Waals surface area contributed by atoms with Gasteiger partial charge in [-0.15, -0.1) is 16.4 Å². The zero-order chi connectivity index (χ0) is 19.7. The van der Waals surface area contributed by atoms with Gasteiger partial charge >= 0.3 is 0 Å². The van der Waals surface area contributed by atoms with Crippen molar-refractivity contribution in [2.75, 3.05) is 26.2 Å². The van der Waals surface area contributed by atoms with Gasteiger partial charge in [-0.1, -0.05) is 6.07 Å². The van der Waals surface area contributed by atoms with Crippen LogP contribution in [0.3, 0.4) is 0 Å². The molecule has 28 heavy (non-hydrogen) atoms. The van der Waals surface area contributed by atoms with Crippen molar-refractivity contribution in [3.05, 3.63) is 52.4 Å². The van der Waals surface area contributed by atoms with E-state index in [4.69, 9.17) is 4.42 Å². The second kappa shape index (κ2) is 7.48. The Hall–Kier alpha value is -2.52. The number of piperazine rings is 1. The topological polar surface area (TPSA) is 81.5 Å². The maximum atomic E-state index is 12.6. The van der Waals surface area contributed by atoms with E-state index in [1.54, 1.807) is 23.5 Å². The number of nitrogens with one attached hydrogen (secondary N) is 1. The number of carbonyl (C=O) groups excluding carboxylic acids is 1. The van der Waals surface area contributed by atoms with E-state index >= 15 is 0 Å². The van der Waals surface area contributed by atoms with E-state index < -0.39 is 0 Å². The van der Waals surface area contributed by atoms with Crippen molar-refractivity contribution >= 4 is 17.2 Å². The summed E-state index contributed by atoms with van der Waals surface area (Å²) in [4.78, 5) is 17.0. The van der Waals surface area contributed by atoms with Gasteiger partial charge in [0.05, 0.1) is 42.9 Å². The van der Waals surface area contributed by atoms with E-state index in [2.05, 4.69) is 53.8 Å². The van der Waals surface area contributed by atoms with Gasteiger partial charge in [0.15, 0.2) is 11.8 Å². The number of furan rings is 1. The fourth-order valence-electron chi connectivity index (χ4n) is 3.66. The molecular weight excluding hydrogens is 376 g/mol. The summed E-state index contributed by atoms with van der Waals surface area (Å²) in [5.41, 5.74) is -0.204. The highest BCUT2D eigenvalue weighted by atomic mass is 32.1. The van der Waals surface area contributed by atoms with Crippen LogP contribution in [-0.4, -0.2) is 57.2 Å². The summed E-state index contributed by atoms with van der Waals surface area (Å²) in [6.45, 7) is 9.31. The molecule has 1 atom stereocenters. The minimum Gasteiger partial charge on any atom is -0.459 e. The molecule has 4 heterocycles. The summed E-state index contributed by atoms with van der Waals surface area (Å²) in [7, 11) is 0. The molecule has 0 unspecified atom stereocenters. The Morgan fingerprint density at radius 3 is 2.64 bits per heavy atom. The molecule has 0 saturated carbocycles. The largest absolute Gasteiger partial charge is 0.459 e. The van der Waals surface area contributed by atoms with Crippen LogP contribution in [0, 0.1) is 0 Å². The Balaban J connectivity index is 1.57. The number of hydrogen-bond acceptors (Lipinski definition) is 6. The highest BCUT2D eigenvalue weighted by molar-refractivity contribution is 7.10. The lowest BCUT2D eigenvalue weighted by molar-refractivity contribution is -0.929. The van der Waals surface area contributed by atoms with Crippen LogP contribution in [0.4, 0.5) is 0 Å². The predicted octanol–water partition coefficient (Wildman–Crippen LogP) is 1.21. The van der Waals surface area contributed by atoms with E-state index in [-0.39, 0.29) is 17.5 Å². The summed E-state index contributed by atoms with van der Waals surface area (Å²) < 4.78 is 7.19. The molecule has 9 heteroatoms. The van der Waals surface area contributed by atoms with Gasteiger partial charge in [0, 0.05) is 0 Å². The number of nitrogens with zero attached hydrogens (tertiary/aromatic N) is 5. The molecule has 1 amide bonds. The Morgan fingerprint density at radius 1 is 1.25 bits per heavy atom. The van der Waals surface area contributed by atoms with Gasteiger partial charge in [0.2, 0.25) is 5.82 Å². The number of rotatable bonds is 4. The Labute approximate surface area is 167 Å². The van der Waals surface area contributed by atoms with Crippen LogP contribution in [0.1, 0.15) is 48.1 Å². The first-order chi connectivity index (χ1) is 13.4. The van der Waals surface area contributed by atoms with Crippen molar-refractivity contribution in [2.45, 2.75) is 32.4 Å². The first-order valence-electron chi connectivity index (χ1n) is 9.44. The minimum absolute atomic E-state index is 0.0451. The highest BCUT2D eigenvalue weighted by Gasteiger charge is 2.37. The number of tetrazole rings is 1. The molecule has 1 saturated heterocycles. The van der Waals surface area contributed by atoms with Gasteiger partial charge < -0.3 is 14.2 Å². The molecule has 1 aliphatic rings. The summed E-state index contributed by atoms with van der Waals surface area (Å²) >= 11 is 1.72. The molecule has 148 valence electrons. The van der Waals surface area contributed by atoms with Crippen molar-refractivity contribution in [1.82, 2.24) is 25.1 Å². The van der Waals surface area contributed by atoms with E-state index in [0.29, 0.717) is 18.8 Å². The predicted molar refractivity (Wildman–Crippen MR) is 104 cm³/mol. The first kappa shape index (κ1) is 18.8. The molecule has 0 aliphatic carbocycles. The van der Waals surface area contributed by atoms with E-state index in [9.17, 15) is 4.79 Å². The number of quaternary nitrogens is 1. The lowest BCUT2D eigenvalue weighted by atomic mass is 10.1. The summed E-state index contributed by atoms with van der Waals surface area (Å²) in [5.74, 6) is 1.22. The van der Waals surface area contributed by atoms with Crippen LogP contribution in [-0.2, 0) is 5.54 Å². The van der Waals surface area contributed by atoms with Crippen LogP contribution in [0.25, 0.3) is 0 Å². The van der Waals surface area contributed by atoms with Gasteiger partial charge in [-0.25, -0.2) is 4.68 Å². The maximum absolute atomic E-state index is 12.6. The van der Waals surface area contributed by atoms with E-state index in [0.717, 1.165) is 18.9 Å². The molecule has 1 aliphatic heterocycles. The lowest BCUT2D eigenvalue weighted by Crippen LogP contribution is -3.15. The molecule has 3 aromatic heterocycles. The molecule has 4 rings (SSSR count). The van der Waals surface area contributed by atoms with Crippen molar-refractivity contribution in [2.24, 2.45) is 0 Å². The van der Waals surface area contributed by atoms with Gasteiger partial charge in [-0.3, -0.25) is 4.79 Å². The van der Waals surface area contributed by atoms with Crippen LogP contribution in [0.15, 0.2) is 40.3 Å². The van der Waals surface area contributed by atoms with Crippen LogP contribution in [0.5, 0.6) is 0 Å². The molecule has 1 fully saturated rings. The first-order valence-corrected chi connectivity index (χ1v) is 10.3. The number of aromatic nitrogens is 4. The van der Waals surface area contributed by atoms with Gasteiger partial charge in [0.1, 0.15) is 0 Å². The zero-order valence-electron chi connectivity index (χ0n) is 16.3. The zero-order valence-corrected chi connectivity index (χ0v) is 17.1. The molecule has 0 spiro atoms. The average molecular weight is 402 g/mol. The summed E-state index contributed by atoms with van der Waals surface area (Å²) in [5, 5.41) is 14.7. The third-order valence-electron chi connectivity index (χ3n) is 5.05. The average Bonchev–Trinajstić information content (AvgIpc) is 3.43. The molecule has 3 aromatic rings. The van der Waals surface area contributed by atoms with Crippen LogP contribution >= 0.6 is 11.3 Å². The summed E-state index contributed by atoms with van der Waals surface area (Å²) in [6.07, 6.45) is 1.54. The fraction of sp³-hybridized carbons (Fsp3) is 0.474. The third-order valence-corrected chi connectivity index (χ3v) is 5.99. The van der Waals surface area contributed by atoms with Gasteiger partial charge in [-0.2, -0.15) is 0 Å². The molecule has 8 nitrogen and oxygen atoms in total. The molecular formula is C19H25N6O2S+. The number of amides is 1. The number of carbonyl (C=O) groups is 1. The quantitative estimate of drug-likeness (QED) is 0.711. The van der Waals surface area contributed by atoms with Gasteiger partial charge in [-0.05, 0) is 54.8 Å². The molecule has 0 radical (unpaired) electrons. The van der Waals surface area contributed by atoms with Gasteiger partial charge in [0.25, 0.3) is 5.91 Å². The fourth-order valence-corrected chi connectivity index (χ4v) is 4.54. The summed E-state index contributed by atoms with van der Waals surface area (Å²) in [6, 6.07) is 7.72. The van der Waals surface area contributed by atoms with E-state index in [1.165, 1.54) is 16.0 Å². The van der Waals surface area contributed by atoms with E-state index in [1.807, 2.05) is 9.58 Å². The SMILES string of the molecule is CC(C)(C)n1nnnc1[C@@H](c1cccs1)[NH+]1CCN(C(=O)c2ccco2)CC1. The standard InChI is InChI=1S/C19H24N6O2S/c1-19(2,3)25-17(20-21-22-25)16(15-7-5-13-28-15)23-8-10-24(11-9-23)18(26)14-6-4-12-27-14/h4-7,12-13,16H,8-11H2,1-3H3/p+1/t16-/m1/s1. The Bertz CT molecular complexity index is 905. The normalized spacial score (nSPS) is 17.0. The van der Waals surface area contributed by atoms with Crippen molar-refractivity contribution in [3.8, 4) is 0 Å². The monoisotopic (exact) mass is 401 g/mol. The van der Waals surface area contributed by atoms with Crippen molar-refractivity contribution in [1.29, 1.82) is 0 Å². The second-order valence-corrected chi connectivity index (χ2v) is 8.98. The minimum atomic E-state index is -0.204. The van der Waals surface area contributed by atoms with Crippen molar-refractivity contribution in [3.63, 3.8) is 0 Å². The van der Waals surface area contributed by atoms with Crippen molar-refractivity contribution < 1.29 is 14.1 Å². The Kier molecular flexibility index (Phi) is 5.03. The molecule has 0 aromatic carbocycles. The maximum Gasteiger partial charge on any atom is 0.289 e. The second-order valence-electron chi connectivity index (χ2n) is 8.00. The molecule has 0 bridgehead atoms. The van der Waals surface area contributed by atoms with Crippen LogP contribution in [0.2, 0.25) is 0 Å². The lowest BCUT2D eigenvalue weighted by Gasteiger charge is -2.36.